The van der Waals surface area contributed by atoms with Crippen molar-refractivity contribution in [1.82, 2.24) is 20.9 Å². The molecule has 1 aromatic rings. The van der Waals surface area contributed by atoms with Gasteiger partial charge in [0, 0.05) is 32.9 Å². The maximum atomic E-state index is 13.1. The number of nitrogens with zero attached hydrogens (tertiary/aromatic N) is 1. The fraction of sp³-hybridized carbons (Fsp3) is 0.560. The summed E-state index contributed by atoms with van der Waals surface area (Å²) in [6.07, 6.45) is 1.96. The summed E-state index contributed by atoms with van der Waals surface area (Å²) in [5, 5.41) is 7.42. The van der Waals surface area contributed by atoms with E-state index in [1.54, 1.807) is 0 Å². The van der Waals surface area contributed by atoms with E-state index in [0.29, 0.717) is 25.7 Å². The molecule has 1 aliphatic heterocycles. The van der Waals surface area contributed by atoms with Gasteiger partial charge in [-0.3, -0.25) is 28.9 Å². The third-order valence-electron chi connectivity index (χ3n) is 5.82. The number of hydrogen-bond acceptors (Lipinski definition) is 6. The van der Waals surface area contributed by atoms with Crippen LogP contribution >= 0.6 is 12.6 Å². The van der Waals surface area contributed by atoms with Crippen LogP contribution in [0.4, 0.5) is 0 Å². The van der Waals surface area contributed by atoms with Gasteiger partial charge in [-0.1, -0.05) is 44.2 Å². The zero-order valence-corrected chi connectivity index (χ0v) is 21.5. The Labute approximate surface area is 212 Å². The van der Waals surface area contributed by atoms with Gasteiger partial charge in [-0.15, -0.1) is 0 Å². The summed E-state index contributed by atoms with van der Waals surface area (Å²) < 4.78 is 0. The molecular weight excluding hydrogens is 468 g/mol. The van der Waals surface area contributed by atoms with Crippen molar-refractivity contribution in [1.29, 1.82) is 0 Å². The lowest BCUT2D eigenvalue weighted by Crippen LogP contribution is -2.55. The van der Waals surface area contributed by atoms with E-state index in [2.05, 4.69) is 28.6 Å². The van der Waals surface area contributed by atoms with E-state index in [4.69, 9.17) is 0 Å². The van der Waals surface area contributed by atoms with Crippen LogP contribution in [0.5, 0.6) is 0 Å². The Bertz CT molecular complexity index is 892. The summed E-state index contributed by atoms with van der Waals surface area (Å²) in [5.74, 6) is -1.44. The van der Waals surface area contributed by atoms with Crippen molar-refractivity contribution in [2.75, 3.05) is 13.6 Å². The highest BCUT2D eigenvalue weighted by molar-refractivity contribution is 7.81. The molecule has 0 aromatic heterocycles. The van der Waals surface area contributed by atoms with Crippen LogP contribution in [0.1, 0.15) is 51.5 Å². The molecular formula is C25H36N4O5S. The first-order chi connectivity index (χ1) is 16.6. The Hall–Kier alpha value is -2.88. The molecule has 3 N–H and O–H groups in total. The van der Waals surface area contributed by atoms with Gasteiger partial charge >= 0.3 is 0 Å². The number of hydrogen-bond donors (Lipinski definition) is 4. The number of likely N-dealkylation sites (tertiary alicyclic amines) is 1. The number of benzene rings is 1. The zero-order valence-electron chi connectivity index (χ0n) is 20.6. The van der Waals surface area contributed by atoms with Crippen LogP contribution in [0.3, 0.4) is 0 Å². The minimum absolute atomic E-state index is 0.115. The van der Waals surface area contributed by atoms with Crippen LogP contribution in [0.25, 0.3) is 0 Å². The van der Waals surface area contributed by atoms with Gasteiger partial charge in [0.15, 0.2) is 0 Å². The second-order valence-corrected chi connectivity index (χ2v) is 9.78. The van der Waals surface area contributed by atoms with Gasteiger partial charge in [-0.05, 0) is 30.7 Å². The van der Waals surface area contributed by atoms with Crippen molar-refractivity contribution >= 4 is 42.2 Å². The predicted octanol–water partition coefficient (Wildman–Crippen LogP) is 1.22. The van der Waals surface area contributed by atoms with Crippen LogP contribution in [0.2, 0.25) is 0 Å². The molecule has 10 heteroatoms. The number of nitrogens with one attached hydrogen (secondary N) is 3. The van der Waals surface area contributed by atoms with Gasteiger partial charge in [0.05, 0.1) is 5.25 Å². The molecule has 35 heavy (non-hydrogen) atoms. The van der Waals surface area contributed by atoms with Gasteiger partial charge in [0.2, 0.25) is 29.5 Å². The number of thiol groups is 1. The molecule has 1 saturated heterocycles. The number of rotatable bonds is 13. The summed E-state index contributed by atoms with van der Waals surface area (Å²) in [6, 6.07) is 7.74. The predicted molar refractivity (Wildman–Crippen MR) is 135 cm³/mol. The molecule has 1 fully saturated rings. The Morgan fingerprint density at radius 2 is 1.54 bits per heavy atom. The van der Waals surface area contributed by atoms with Gasteiger partial charge < -0.3 is 16.0 Å². The summed E-state index contributed by atoms with van der Waals surface area (Å²) >= 11 is 4.37. The second-order valence-electron chi connectivity index (χ2n) is 9.15. The SMILES string of the molecule is CNC(=O)[C@H](Cc1ccccc1)NC(=O)[C@H](CC(C)C)NC(=O)C(S)CCCN1C(=O)CCC1=O. The molecule has 0 radical (unpaired) electrons. The number of likely N-dealkylation sites (N-methyl/N-ethyl adjacent to an activating group) is 1. The Morgan fingerprint density at radius 3 is 2.11 bits per heavy atom. The van der Waals surface area contributed by atoms with E-state index in [-0.39, 0.29) is 43.0 Å². The van der Waals surface area contributed by atoms with E-state index in [1.807, 2.05) is 44.2 Å². The highest BCUT2D eigenvalue weighted by atomic mass is 32.1. The normalized spacial score (nSPS) is 16.1. The number of carbonyl (C=O) groups excluding carboxylic acids is 5. The van der Waals surface area contributed by atoms with Crippen molar-refractivity contribution in [2.45, 2.75) is 69.7 Å². The molecule has 1 aromatic carbocycles. The van der Waals surface area contributed by atoms with Gasteiger partial charge in [-0.2, -0.15) is 12.6 Å². The maximum absolute atomic E-state index is 13.1. The van der Waals surface area contributed by atoms with Crippen LogP contribution < -0.4 is 16.0 Å². The van der Waals surface area contributed by atoms with E-state index >= 15 is 0 Å². The third kappa shape index (κ3) is 9.01. The fourth-order valence-corrected chi connectivity index (χ4v) is 4.18. The summed E-state index contributed by atoms with van der Waals surface area (Å²) in [5.41, 5.74) is 0.899. The highest BCUT2D eigenvalue weighted by Crippen LogP contribution is 2.15. The minimum atomic E-state index is -0.832. The third-order valence-corrected chi connectivity index (χ3v) is 6.31. The van der Waals surface area contributed by atoms with E-state index in [1.165, 1.54) is 11.9 Å². The smallest absolute Gasteiger partial charge is 0.243 e. The van der Waals surface area contributed by atoms with Crippen LogP contribution in [-0.4, -0.2) is 65.4 Å². The number of imide groups is 1. The molecule has 5 amide bonds. The van der Waals surface area contributed by atoms with Crippen LogP contribution in [0.15, 0.2) is 30.3 Å². The second kappa shape index (κ2) is 13.9. The van der Waals surface area contributed by atoms with Crippen molar-refractivity contribution in [3.05, 3.63) is 35.9 Å². The largest absolute Gasteiger partial charge is 0.357 e. The molecule has 2 rings (SSSR count). The first-order valence-electron chi connectivity index (χ1n) is 12.0. The molecule has 9 nitrogen and oxygen atoms in total. The molecule has 0 saturated carbocycles. The number of amides is 5. The Balaban J connectivity index is 1.97. The molecule has 1 heterocycles. The lowest BCUT2D eigenvalue weighted by molar-refractivity contribution is -0.138. The Morgan fingerprint density at radius 1 is 0.943 bits per heavy atom. The van der Waals surface area contributed by atoms with Crippen molar-refractivity contribution < 1.29 is 24.0 Å². The first-order valence-corrected chi connectivity index (χ1v) is 12.5. The van der Waals surface area contributed by atoms with Crippen molar-refractivity contribution in [3.63, 3.8) is 0 Å². The summed E-state index contributed by atoms with van der Waals surface area (Å²) in [4.78, 5) is 63.0. The topological polar surface area (TPSA) is 125 Å². The van der Waals surface area contributed by atoms with Crippen LogP contribution in [-0.2, 0) is 30.4 Å². The maximum Gasteiger partial charge on any atom is 0.243 e. The monoisotopic (exact) mass is 504 g/mol. The average molecular weight is 505 g/mol. The molecule has 1 unspecified atom stereocenters. The van der Waals surface area contributed by atoms with E-state index in [9.17, 15) is 24.0 Å². The molecule has 3 atom stereocenters. The van der Waals surface area contributed by atoms with Crippen molar-refractivity contribution in [3.8, 4) is 0 Å². The standard InChI is InChI=1S/C25H36N4O5S/c1-16(2)14-18(24(33)27-19(23(32)26-3)15-17-8-5-4-6-9-17)28-25(34)20(35)10-7-13-29-21(30)11-12-22(29)31/h4-6,8-9,16,18-20,35H,7,10-15H2,1-3H3,(H,26,32)(H,27,33)(H,28,34)/t18-,19-,20?/m0/s1. The molecule has 0 bridgehead atoms. The van der Waals surface area contributed by atoms with E-state index in [0.717, 1.165) is 5.56 Å². The zero-order chi connectivity index (χ0) is 26.0. The van der Waals surface area contributed by atoms with Gasteiger partial charge in [-0.25, -0.2) is 0 Å². The lowest BCUT2D eigenvalue weighted by Gasteiger charge is -2.25. The highest BCUT2D eigenvalue weighted by Gasteiger charge is 2.30. The minimum Gasteiger partial charge on any atom is -0.357 e. The summed E-state index contributed by atoms with van der Waals surface area (Å²) in [7, 11) is 1.51. The summed E-state index contributed by atoms with van der Waals surface area (Å²) in [6.45, 7) is 4.13. The Kier molecular flexibility index (Phi) is 11.2. The molecule has 0 spiro atoms. The molecule has 192 valence electrons. The average Bonchev–Trinajstić information content (AvgIpc) is 3.15. The lowest BCUT2D eigenvalue weighted by atomic mass is 10.0. The number of carbonyl (C=O) groups is 5. The fourth-order valence-electron chi connectivity index (χ4n) is 3.92. The van der Waals surface area contributed by atoms with E-state index < -0.39 is 29.1 Å². The van der Waals surface area contributed by atoms with Crippen molar-refractivity contribution in [2.24, 2.45) is 5.92 Å². The molecule has 1 aliphatic rings. The van der Waals surface area contributed by atoms with Gasteiger partial charge in [0.25, 0.3) is 0 Å². The molecule has 0 aliphatic carbocycles. The quantitative estimate of drug-likeness (QED) is 0.238. The first kappa shape index (κ1) is 28.4. The van der Waals surface area contributed by atoms with Crippen LogP contribution in [0, 0.1) is 5.92 Å². The van der Waals surface area contributed by atoms with Gasteiger partial charge in [0.1, 0.15) is 12.1 Å².